The van der Waals surface area contributed by atoms with Gasteiger partial charge >= 0.3 is 5.92 Å². The highest BCUT2D eigenvalue weighted by Crippen LogP contribution is 2.25. The highest BCUT2D eigenvalue weighted by atomic mass is 19.3. The molecule has 0 amide bonds. The van der Waals surface area contributed by atoms with Gasteiger partial charge in [0, 0.05) is 18.9 Å². The van der Waals surface area contributed by atoms with Gasteiger partial charge in [0.05, 0.1) is 6.54 Å². The summed E-state index contributed by atoms with van der Waals surface area (Å²) in [4.78, 5) is 4.11. The van der Waals surface area contributed by atoms with Crippen molar-refractivity contribution >= 4 is 0 Å². The van der Waals surface area contributed by atoms with Gasteiger partial charge in [-0.3, -0.25) is 0 Å². The molecule has 0 aliphatic rings. The lowest BCUT2D eigenvalue weighted by Gasteiger charge is -2.09. The summed E-state index contributed by atoms with van der Waals surface area (Å²) in [6.45, 7) is 5.30. The molecule has 0 unspecified atom stereocenters. The number of aromatic nitrogens is 7. The van der Waals surface area contributed by atoms with Crippen LogP contribution in [0.3, 0.4) is 0 Å². The number of tetrazole rings is 1. The first kappa shape index (κ1) is 21.7. The van der Waals surface area contributed by atoms with Crippen LogP contribution in [0.4, 0.5) is 8.78 Å². The van der Waals surface area contributed by atoms with Crippen LogP contribution in [0.1, 0.15) is 49.1 Å². The average Bonchev–Trinajstić information content (AvgIpc) is 3.40. The van der Waals surface area contributed by atoms with Crippen LogP contribution in [-0.4, -0.2) is 35.4 Å². The zero-order chi connectivity index (χ0) is 22.7. The second kappa shape index (κ2) is 8.94. The Hall–Kier alpha value is -3.49. The van der Waals surface area contributed by atoms with E-state index in [9.17, 15) is 8.78 Å². The van der Waals surface area contributed by atoms with E-state index in [0.29, 0.717) is 30.5 Å². The second-order valence-corrected chi connectivity index (χ2v) is 8.44. The van der Waals surface area contributed by atoms with E-state index < -0.39 is 11.7 Å². The first-order chi connectivity index (χ1) is 15.3. The van der Waals surface area contributed by atoms with Crippen LogP contribution >= 0.6 is 0 Å². The van der Waals surface area contributed by atoms with Crippen molar-refractivity contribution in [1.82, 2.24) is 35.4 Å². The highest BCUT2D eigenvalue weighted by molar-refractivity contribution is 5.55. The molecule has 9 heteroatoms. The van der Waals surface area contributed by atoms with E-state index in [1.165, 1.54) is 0 Å². The summed E-state index contributed by atoms with van der Waals surface area (Å²) in [6.07, 6.45) is 1.35. The molecule has 7 nitrogen and oxygen atoms in total. The van der Waals surface area contributed by atoms with Gasteiger partial charge in [-0.25, -0.2) is 14.8 Å². The van der Waals surface area contributed by atoms with Gasteiger partial charge < -0.3 is 0 Å². The fourth-order valence-electron chi connectivity index (χ4n) is 3.48. The predicted octanol–water partition coefficient (Wildman–Crippen LogP) is 4.41. The van der Waals surface area contributed by atoms with Crippen molar-refractivity contribution in [3.05, 3.63) is 76.9 Å². The molecule has 4 rings (SSSR count). The number of nitrogens with one attached hydrogen (secondary N) is 1. The maximum absolute atomic E-state index is 13.8. The van der Waals surface area contributed by atoms with Gasteiger partial charge in [0.15, 0.2) is 5.82 Å². The van der Waals surface area contributed by atoms with Crippen molar-refractivity contribution in [3.63, 3.8) is 0 Å². The van der Waals surface area contributed by atoms with Crippen LogP contribution in [-0.2, 0) is 25.3 Å². The van der Waals surface area contributed by atoms with Crippen molar-refractivity contribution in [3.8, 4) is 11.4 Å². The molecular weight excluding hydrogens is 412 g/mol. The number of benzene rings is 2. The Morgan fingerprint density at radius 2 is 1.78 bits per heavy atom. The molecule has 166 valence electrons. The number of rotatable bonds is 8. The minimum atomic E-state index is -3.06. The summed E-state index contributed by atoms with van der Waals surface area (Å²) < 4.78 is 29.1. The maximum atomic E-state index is 13.8. The molecule has 2 aromatic carbocycles. The van der Waals surface area contributed by atoms with Crippen LogP contribution in [0.5, 0.6) is 0 Å². The van der Waals surface area contributed by atoms with Gasteiger partial charge in [-0.2, -0.15) is 8.78 Å². The summed E-state index contributed by atoms with van der Waals surface area (Å²) in [6, 6.07) is 16.1. The van der Waals surface area contributed by atoms with Crippen LogP contribution in [0.25, 0.3) is 11.4 Å². The molecule has 0 bridgehead atoms. The van der Waals surface area contributed by atoms with Gasteiger partial charge in [0.1, 0.15) is 5.82 Å². The van der Waals surface area contributed by atoms with E-state index in [4.69, 9.17) is 0 Å². The highest BCUT2D eigenvalue weighted by Gasteiger charge is 2.31. The number of alkyl halides is 2. The number of hydrogen-bond donors (Lipinski definition) is 1. The second-order valence-electron chi connectivity index (χ2n) is 8.44. The summed E-state index contributed by atoms with van der Waals surface area (Å²) in [5.74, 6) is -1.98. The molecule has 1 N–H and O–H groups in total. The van der Waals surface area contributed by atoms with Gasteiger partial charge in [-0.05, 0) is 45.5 Å². The minimum absolute atomic E-state index is 0.294. The van der Waals surface area contributed by atoms with Crippen LogP contribution in [0.15, 0.2) is 48.5 Å². The summed E-state index contributed by atoms with van der Waals surface area (Å²) >= 11 is 0. The van der Waals surface area contributed by atoms with Crippen molar-refractivity contribution in [2.75, 3.05) is 0 Å². The molecule has 2 heterocycles. The Morgan fingerprint density at radius 1 is 1.03 bits per heavy atom. The minimum Gasteiger partial charge on any atom is -0.245 e. The van der Waals surface area contributed by atoms with E-state index in [1.54, 1.807) is 4.68 Å². The van der Waals surface area contributed by atoms with Crippen LogP contribution in [0, 0.1) is 5.92 Å². The van der Waals surface area contributed by atoms with Gasteiger partial charge in [-0.15, -0.1) is 10.2 Å². The Bertz CT molecular complexity index is 1160. The van der Waals surface area contributed by atoms with Gasteiger partial charge in [0.25, 0.3) is 0 Å². The lowest BCUT2D eigenvalue weighted by molar-refractivity contribution is 0.00755. The number of halogens is 2. The lowest BCUT2D eigenvalue weighted by atomic mass is 10.0. The molecule has 32 heavy (non-hydrogen) atoms. The molecule has 0 aliphatic heterocycles. The van der Waals surface area contributed by atoms with Crippen LogP contribution < -0.4 is 0 Å². The Balaban J connectivity index is 1.49. The van der Waals surface area contributed by atoms with E-state index in [1.807, 2.05) is 50.2 Å². The molecule has 0 aliphatic carbocycles. The van der Waals surface area contributed by atoms with Crippen LogP contribution in [0.2, 0.25) is 0 Å². The molecule has 0 fully saturated rings. The van der Waals surface area contributed by atoms with Crippen molar-refractivity contribution in [1.29, 1.82) is 0 Å². The van der Waals surface area contributed by atoms with E-state index in [-0.39, 0.29) is 0 Å². The Morgan fingerprint density at radius 3 is 2.44 bits per heavy atom. The third-order valence-electron chi connectivity index (χ3n) is 5.04. The van der Waals surface area contributed by atoms with E-state index in [0.717, 1.165) is 35.6 Å². The number of aromatic amines is 1. The number of hydrogen-bond acceptors (Lipinski definition) is 5. The number of nitrogens with zero attached hydrogens (tertiary/aromatic N) is 6. The molecule has 0 spiro atoms. The largest absolute Gasteiger partial charge is 0.305 e. The summed E-state index contributed by atoms with van der Waals surface area (Å²) in [5, 5.41) is 18.0. The Labute approximate surface area is 184 Å². The van der Waals surface area contributed by atoms with Crippen molar-refractivity contribution in [2.24, 2.45) is 5.92 Å². The predicted molar refractivity (Wildman–Crippen MR) is 116 cm³/mol. The van der Waals surface area contributed by atoms with E-state index in [2.05, 4.69) is 42.8 Å². The van der Waals surface area contributed by atoms with Gasteiger partial charge in [0.2, 0.25) is 5.82 Å². The van der Waals surface area contributed by atoms with Crippen molar-refractivity contribution < 1.29 is 8.78 Å². The molecule has 2 aromatic heterocycles. The maximum Gasteiger partial charge on any atom is 0.305 e. The number of H-pyrrole nitrogens is 1. The summed E-state index contributed by atoms with van der Waals surface area (Å²) in [5.41, 5.74) is 4.19. The smallest absolute Gasteiger partial charge is 0.245 e. The standard InChI is InChI=1S/C23H25F2N7/c1-15(2)11-20-26-22(23(3,24)25)29-32(20)14-17-9-7-16(8-10-17)12-18-5-4-6-19(13-18)21-27-30-31-28-21/h4-10,13,15H,11-12,14H2,1-3H3,(H,27,28,30,31). The quantitative estimate of drug-likeness (QED) is 0.441. The third kappa shape index (κ3) is 5.22. The molecule has 0 saturated carbocycles. The summed E-state index contributed by atoms with van der Waals surface area (Å²) in [7, 11) is 0. The fourth-order valence-corrected chi connectivity index (χ4v) is 3.48. The molecule has 0 radical (unpaired) electrons. The van der Waals surface area contributed by atoms with Gasteiger partial charge in [-0.1, -0.05) is 56.3 Å². The SMILES string of the molecule is CC(C)Cc1nc(C(C)(F)F)nn1Cc1ccc(Cc2cccc(-c3nnn[nH]3)c2)cc1. The molecule has 0 atom stereocenters. The molecular formula is C23H25F2N7. The monoisotopic (exact) mass is 437 g/mol. The topological polar surface area (TPSA) is 85.2 Å². The normalized spacial score (nSPS) is 11.9. The third-order valence-corrected chi connectivity index (χ3v) is 5.04. The zero-order valence-corrected chi connectivity index (χ0v) is 18.3. The first-order valence-corrected chi connectivity index (χ1v) is 10.5. The molecule has 4 aromatic rings. The lowest BCUT2D eigenvalue weighted by Crippen LogP contribution is -2.11. The molecule has 0 saturated heterocycles. The van der Waals surface area contributed by atoms with E-state index >= 15 is 0 Å². The zero-order valence-electron chi connectivity index (χ0n) is 18.3. The Kier molecular flexibility index (Phi) is 6.07. The van der Waals surface area contributed by atoms with Crippen molar-refractivity contribution in [2.45, 2.75) is 46.1 Å². The fraction of sp³-hybridized carbons (Fsp3) is 0.348. The first-order valence-electron chi connectivity index (χ1n) is 10.5. The average molecular weight is 437 g/mol.